The minimum absolute atomic E-state index is 0. The van der Waals surface area contributed by atoms with Crippen LogP contribution in [0.2, 0.25) is 0 Å². The molecule has 0 bridgehead atoms. The number of nitrogens with zero attached hydrogens (tertiary/aromatic N) is 3. The second-order valence-electron chi connectivity index (χ2n) is 6.03. The van der Waals surface area contributed by atoms with Gasteiger partial charge in [0, 0.05) is 26.2 Å². The third-order valence-corrected chi connectivity index (χ3v) is 4.22. The molecule has 0 aromatic heterocycles. The van der Waals surface area contributed by atoms with Crippen LogP contribution in [0.15, 0.2) is 17.6 Å². The molecule has 0 spiro atoms. The highest BCUT2D eigenvalue weighted by Crippen LogP contribution is 2.14. The van der Waals surface area contributed by atoms with E-state index in [2.05, 4.69) is 42.7 Å². The summed E-state index contributed by atoms with van der Waals surface area (Å²) in [5.41, 5.74) is 0. The first-order chi connectivity index (χ1) is 10.2. The van der Waals surface area contributed by atoms with Gasteiger partial charge in [0.1, 0.15) is 0 Å². The molecule has 1 fully saturated rings. The standard InChI is InChI=1S/C17H34N4.HI/c1-5-7-8-9-10-13-21(4)17(18-6-2)19-15-16-12-11-14-20(16)3;/h5,16H,1,6-15H2,2-4H3,(H,18,19);1H. The van der Waals surface area contributed by atoms with Crippen LogP contribution >= 0.6 is 24.0 Å². The van der Waals surface area contributed by atoms with Crippen molar-refractivity contribution in [2.75, 3.05) is 40.3 Å². The minimum Gasteiger partial charge on any atom is -0.357 e. The van der Waals surface area contributed by atoms with Gasteiger partial charge < -0.3 is 15.1 Å². The molecule has 1 rings (SSSR count). The molecule has 0 aliphatic carbocycles. The summed E-state index contributed by atoms with van der Waals surface area (Å²) < 4.78 is 0. The Bertz CT molecular complexity index is 320. The third-order valence-electron chi connectivity index (χ3n) is 4.22. The van der Waals surface area contributed by atoms with Crippen molar-refractivity contribution in [1.82, 2.24) is 15.1 Å². The van der Waals surface area contributed by atoms with E-state index >= 15 is 0 Å². The highest BCUT2D eigenvalue weighted by molar-refractivity contribution is 14.0. The van der Waals surface area contributed by atoms with E-state index in [1.807, 2.05) is 6.08 Å². The average molecular weight is 422 g/mol. The maximum Gasteiger partial charge on any atom is 0.193 e. The maximum absolute atomic E-state index is 4.83. The molecule has 0 amide bonds. The molecule has 1 aliphatic rings. The Morgan fingerprint density at radius 2 is 2.18 bits per heavy atom. The average Bonchev–Trinajstić information content (AvgIpc) is 2.88. The lowest BCUT2D eigenvalue weighted by Gasteiger charge is -2.23. The van der Waals surface area contributed by atoms with Gasteiger partial charge in [0.2, 0.25) is 0 Å². The fourth-order valence-corrected chi connectivity index (χ4v) is 2.79. The lowest BCUT2D eigenvalue weighted by Crippen LogP contribution is -2.40. The van der Waals surface area contributed by atoms with Crippen molar-refractivity contribution in [3.8, 4) is 0 Å². The normalized spacial score (nSPS) is 18.9. The summed E-state index contributed by atoms with van der Waals surface area (Å²) in [4.78, 5) is 9.54. The van der Waals surface area contributed by atoms with Crippen LogP contribution in [0, 0.1) is 0 Å². The second kappa shape index (κ2) is 13.2. The largest absolute Gasteiger partial charge is 0.357 e. The van der Waals surface area contributed by atoms with Crippen LogP contribution in [0.3, 0.4) is 0 Å². The second-order valence-corrected chi connectivity index (χ2v) is 6.03. The van der Waals surface area contributed by atoms with E-state index in [0.29, 0.717) is 6.04 Å². The van der Waals surface area contributed by atoms with Crippen molar-refractivity contribution in [3.63, 3.8) is 0 Å². The van der Waals surface area contributed by atoms with Gasteiger partial charge in [0.25, 0.3) is 0 Å². The van der Waals surface area contributed by atoms with Crippen molar-refractivity contribution in [3.05, 3.63) is 12.7 Å². The first-order valence-electron chi connectivity index (χ1n) is 8.49. The molecular formula is C17H35IN4. The van der Waals surface area contributed by atoms with Crippen LogP contribution in [-0.4, -0.2) is 62.1 Å². The summed E-state index contributed by atoms with van der Waals surface area (Å²) in [6.07, 6.45) is 9.47. The smallest absolute Gasteiger partial charge is 0.193 e. The third kappa shape index (κ3) is 8.36. The van der Waals surface area contributed by atoms with Gasteiger partial charge in [-0.1, -0.05) is 12.5 Å². The number of nitrogens with one attached hydrogen (secondary N) is 1. The van der Waals surface area contributed by atoms with Crippen LogP contribution in [0.25, 0.3) is 0 Å². The maximum atomic E-state index is 4.83. The quantitative estimate of drug-likeness (QED) is 0.203. The SMILES string of the molecule is C=CCCCCCN(C)C(=NCC1CCCN1C)NCC.I. The van der Waals surface area contributed by atoms with Crippen molar-refractivity contribution < 1.29 is 0 Å². The molecule has 0 aromatic rings. The number of likely N-dealkylation sites (N-methyl/N-ethyl adjacent to an activating group) is 1. The van der Waals surface area contributed by atoms with Gasteiger partial charge in [0.05, 0.1) is 6.54 Å². The molecule has 1 aliphatic heterocycles. The molecule has 4 nitrogen and oxygen atoms in total. The molecule has 1 heterocycles. The van der Waals surface area contributed by atoms with Gasteiger partial charge in [-0.3, -0.25) is 4.99 Å². The molecule has 1 atom stereocenters. The number of hydrogen-bond acceptors (Lipinski definition) is 2. The van der Waals surface area contributed by atoms with Gasteiger partial charge >= 0.3 is 0 Å². The zero-order valence-corrected chi connectivity index (χ0v) is 17.0. The zero-order chi connectivity index (χ0) is 15.5. The number of halogens is 1. The number of likely N-dealkylation sites (tertiary alicyclic amines) is 1. The molecule has 22 heavy (non-hydrogen) atoms. The molecule has 1 unspecified atom stereocenters. The molecule has 130 valence electrons. The van der Waals surface area contributed by atoms with Crippen molar-refractivity contribution in [2.45, 2.75) is 51.5 Å². The highest BCUT2D eigenvalue weighted by atomic mass is 127. The number of hydrogen-bond donors (Lipinski definition) is 1. The summed E-state index contributed by atoms with van der Waals surface area (Å²) in [6.45, 7) is 10.0. The molecular weight excluding hydrogens is 387 g/mol. The lowest BCUT2D eigenvalue weighted by atomic mass is 10.2. The monoisotopic (exact) mass is 422 g/mol. The zero-order valence-electron chi connectivity index (χ0n) is 14.7. The Balaban J connectivity index is 0.00000441. The van der Waals surface area contributed by atoms with E-state index in [4.69, 9.17) is 4.99 Å². The molecule has 0 radical (unpaired) electrons. The molecule has 5 heteroatoms. The first kappa shape index (κ1) is 21.7. The number of allylic oxidation sites excluding steroid dienone is 1. The van der Waals surface area contributed by atoms with Crippen LogP contribution < -0.4 is 5.32 Å². The predicted molar refractivity (Wildman–Crippen MR) is 108 cm³/mol. The summed E-state index contributed by atoms with van der Waals surface area (Å²) in [7, 11) is 4.36. The Hall–Kier alpha value is -0.300. The van der Waals surface area contributed by atoms with Gasteiger partial charge in [-0.15, -0.1) is 30.6 Å². The van der Waals surface area contributed by atoms with Crippen LogP contribution in [0.4, 0.5) is 0 Å². The Labute approximate surface area is 154 Å². The van der Waals surface area contributed by atoms with Gasteiger partial charge in [-0.2, -0.15) is 0 Å². The van der Waals surface area contributed by atoms with Gasteiger partial charge in [-0.05, 0) is 52.6 Å². The van der Waals surface area contributed by atoms with Crippen molar-refractivity contribution in [1.29, 1.82) is 0 Å². The van der Waals surface area contributed by atoms with Crippen LogP contribution in [0.1, 0.15) is 45.4 Å². The number of aliphatic imine (C=N–C) groups is 1. The summed E-state index contributed by atoms with van der Waals surface area (Å²) in [5.74, 6) is 1.06. The highest BCUT2D eigenvalue weighted by Gasteiger charge is 2.20. The van der Waals surface area contributed by atoms with Crippen molar-refractivity contribution in [2.24, 2.45) is 4.99 Å². The number of guanidine groups is 1. The van der Waals surface area contributed by atoms with Gasteiger partial charge in [-0.25, -0.2) is 0 Å². The van der Waals surface area contributed by atoms with Crippen LogP contribution in [0.5, 0.6) is 0 Å². The van der Waals surface area contributed by atoms with Crippen LogP contribution in [-0.2, 0) is 0 Å². The van der Waals surface area contributed by atoms with Crippen molar-refractivity contribution >= 4 is 29.9 Å². The first-order valence-corrected chi connectivity index (χ1v) is 8.49. The number of unbranched alkanes of at least 4 members (excludes halogenated alkanes) is 3. The molecule has 0 saturated carbocycles. The predicted octanol–water partition coefficient (Wildman–Crippen LogP) is 3.34. The Morgan fingerprint density at radius 1 is 1.41 bits per heavy atom. The van der Waals surface area contributed by atoms with E-state index in [1.165, 1.54) is 38.6 Å². The number of rotatable bonds is 9. The van der Waals surface area contributed by atoms with Gasteiger partial charge in [0.15, 0.2) is 5.96 Å². The minimum atomic E-state index is 0. The topological polar surface area (TPSA) is 30.9 Å². The van der Waals surface area contributed by atoms with E-state index in [1.54, 1.807) is 0 Å². The molecule has 0 aromatic carbocycles. The van der Waals surface area contributed by atoms with E-state index < -0.39 is 0 Å². The summed E-state index contributed by atoms with van der Waals surface area (Å²) in [5, 5.41) is 3.41. The fraction of sp³-hybridized carbons (Fsp3) is 0.824. The van der Waals surface area contributed by atoms with E-state index in [9.17, 15) is 0 Å². The summed E-state index contributed by atoms with van der Waals surface area (Å²) in [6, 6.07) is 0.625. The summed E-state index contributed by atoms with van der Waals surface area (Å²) >= 11 is 0. The Kier molecular flexibility index (Phi) is 13.0. The molecule has 1 saturated heterocycles. The van der Waals surface area contributed by atoms with E-state index in [0.717, 1.165) is 32.0 Å². The lowest BCUT2D eigenvalue weighted by molar-refractivity contribution is 0.316. The molecule has 1 N–H and O–H groups in total. The van der Waals surface area contributed by atoms with E-state index in [-0.39, 0.29) is 24.0 Å². The Morgan fingerprint density at radius 3 is 2.77 bits per heavy atom. The fourth-order valence-electron chi connectivity index (χ4n) is 2.79.